The molecule has 3 aromatic rings. The molecule has 168 valence electrons. The largest absolute Gasteiger partial charge is 0.490 e. The molecule has 32 heavy (non-hydrogen) atoms. The number of halogens is 3. The Morgan fingerprint density at radius 2 is 1.84 bits per heavy atom. The fourth-order valence-electron chi connectivity index (χ4n) is 3.27. The summed E-state index contributed by atoms with van der Waals surface area (Å²) in [4.78, 5) is 0. The van der Waals surface area contributed by atoms with Crippen LogP contribution in [0.5, 0.6) is 23.0 Å². The molecule has 0 radical (unpaired) electrons. The first-order valence-corrected chi connectivity index (χ1v) is 11.4. The van der Waals surface area contributed by atoms with Crippen molar-refractivity contribution in [2.75, 3.05) is 25.1 Å². The van der Waals surface area contributed by atoms with Crippen molar-refractivity contribution in [2.45, 2.75) is 20.1 Å². The second kappa shape index (κ2) is 10.3. The summed E-state index contributed by atoms with van der Waals surface area (Å²) >= 11 is 9.70. The summed E-state index contributed by atoms with van der Waals surface area (Å²) < 4.78 is 37.0. The van der Waals surface area contributed by atoms with Gasteiger partial charge in [-0.15, -0.1) is 0 Å². The van der Waals surface area contributed by atoms with Gasteiger partial charge in [0.1, 0.15) is 25.6 Å². The summed E-state index contributed by atoms with van der Waals surface area (Å²) in [5, 5.41) is 3.71. The Labute approximate surface area is 199 Å². The molecule has 1 aliphatic heterocycles. The van der Waals surface area contributed by atoms with Gasteiger partial charge >= 0.3 is 0 Å². The summed E-state index contributed by atoms with van der Waals surface area (Å²) in [5.41, 5.74) is 2.61. The van der Waals surface area contributed by atoms with E-state index in [1.807, 2.05) is 37.3 Å². The number of hydrogen-bond donors (Lipinski definition) is 1. The highest BCUT2D eigenvalue weighted by Gasteiger charge is 2.15. The molecule has 8 heteroatoms. The van der Waals surface area contributed by atoms with Gasteiger partial charge in [-0.1, -0.05) is 17.7 Å². The molecule has 0 fully saturated rings. The van der Waals surface area contributed by atoms with Crippen LogP contribution in [0.3, 0.4) is 0 Å². The molecular formula is C24H22BrClFNO4. The summed E-state index contributed by atoms with van der Waals surface area (Å²) in [6, 6.07) is 13.9. The van der Waals surface area contributed by atoms with Gasteiger partial charge in [-0.2, -0.15) is 0 Å². The zero-order chi connectivity index (χ0) is 22.5. The van der Waals surface area contributed by atoms with Gasteiger partial charge in [-0.05, 0) is 64.8 Å². The standard InChI is InChI=1S/C24H22BrClFNO4/c1-2-29-23-10-15(13-28-18-5-6-21-22(12-18)31-8-7-30-21)9-19(25)24(23)32-14-16-3-4-17(27)11-20(16)26/h3-6,9-12,28H,2,7-8,13-14H2,1H3. The lowest BCUT2D eigenvalue weighted by atomic mass is 10.2. The van der Waals surface area contributed by atoms with Gasteiger partial charge < -0.3 is 24.3 Å². The molecule has 0 amide bonds. The first-order chi connectivity index (χ1) is 15.5. The molecule has 5 nitrogen and oxygen atoms in total. The molecule has 0 aromatic heterocycles. The van der Waals surface area contributed by atoms with E-state index in [4.69, 9.17) is 30.5 Å². The average molecular weight is 523 g/mol. The third-order valence-electron chi connectivity index (χ3n) is 4.80. The second-order valence-electron chi connectivity index (χ2n) is 7.07. The molecule has 0 unspecified atom stereocenters. The fraction of sp³-hybridized carbons (Fsp3) is 0.250. The van der Waals surface area contributed by atoms with E-state index in [2.05, 4.69) is 21.2 Å². The van der Waals surface area contributed by atoms with E-state index >= 15 is 0 Å². The molecule has 3 aromatic carbocycles. The van der Waals surface area contributed by atoms with Crippen molar-refractivity contribution in [2.24, 2.45) is 0 Å². The number of fused-ring (bicyclic) bond motifs is 1. The molecule has 4 rings (SSSR count). The first-order valence-electron chi connectivity index (χ1n) is 10.2. The molecule has 0 atom stereocenters. The average Bonchev–Trinajstić information content (AvgIpc) is 2.78. The molecule has 1 heterocycles. The highest BCUT2D eigenvalue weighted by Crippen LogP contribution is 2.38. The number of ether oxygens (including phenoxy) is 4. The van der Waals surface area contributed by atoms with Crippen LogP contribution in [0, 0.1) is 5.82 Å². The van der Waals surface area contributed by atoms with Crippen LogP contribution in [-0.4, -0.2) is 19.8 Å². The second-order valence-corrected chi connectivity index (χ2v) is 8.34. The van der Waals surface area contributed by atoms with Gasteiger partial charge in [0.05, 0.1) is 16.1 Å². The maximum absolute atomic E-state index is 13.3. The third-order valence-corrected chi connectivity index (χ3v) is 5.74. The van der Waals surface area contributed by atoms with Crippen LogP contribution in [0.1, 0.15) is 18.1 Å². The van der Waals surface area contributed by atoms with Gasteiger partial charge in [0.15, 0.2) is 23.0 Å². The Morgan fingerprint density at radius 1 is 1.03 bits per heavy atom. The van der Waals surface area contributed by atoms with Crippen molar-refractivity contribution < 1.29 is 23.3 Å². The molecule has 0 bridgehead atoms. The van der Waals surface area contributed by atoms with Gasteiger partial charge in [-0.25, -0.2) is 4.39 Å². The predicted octanol–water partition coefficient (Wildman–Crippen LogP) is 6.60. The molecule has 0 aliphatic carbocycles. The van der Waals surface area contributed by atoms with Crippen LogP contribution in [-0.2, 0) is 13.2 Å². The molecule has 1 aliphatic rings. The van der Waals surface area contributed by atoms with Crippen LogP contribution in [0.4, 0.5) is 10.1 Å². The Hall–Kier alpha value is -2.64. The minimum atomic E-state index is -0.384. The number of anilines is 1. The predicted molar refractivity (Wildman–Crippen MR) is 126 cm³/mol. The number of rotatable bonds is 8. The van der Waals surface area contributed by atoms with Crippen molar-refractivity contribution in [1.82, 2.24) is 0 Å². The maximum atomic E-state index is 13.3. The van der Waals surface area contributed by atoms with Gasteiger partial charge in [-0.3, -0.25) is 0 Å². The quantitative estimate of drug-likeness (QED) is 0.361. The van der Waals surface area contributed by atoms with Crippen molar-refractivity contribution in [3.63, 3.8) is 0 Å². The Bertz CT molecular complexity index is 1110. The minimum Gasteiger partial charge on any atom is -0.490 e. The summed E-state index contributed by atoms with van der Waals surface area (Å²) in [5.74, 6) is 2.28. The molecule has 0 spiro atoms. The highest BCUT2D eigenvalue weighted by atomic mass is 79.9. The Balaban J connectivity index is 1.48. The smallest absolute Gasteiger partial charge is 0.175 e. The maximum Gasteiger partial charge on any atom is 0.175 e. The summed E-state index contributed by atoms with van der Waals surface area (Å²) in [7, 11) is 0. The van der Waals surface area contributed by atoms with E-state index in [1.165, 1.54) is 12.1 Å². The van der Waals surface area contributed by atoms with Crippen LogP contribution in [0.15, 0.2) is 53.0 Å². The van der Waals surface area contributed by atoms with Crippen molar-refractivity contribution in [3.05, 3.63) is 75.0 Å². The summed E-state index contributed by atoms with van der Waals surface area (Å²) in [6.45, 7) is 4.27. The van der Waals surface area contributed by atoms with E-state index in [0.29, 0.717) is 48.5 Å². The summed E-state index contributed by atoms with van der Waals surface area (Å²) in [6.07, 6.45) is 0. The lowest BCUT2D eigenvalue weighted by Gasteiger charge is -2.19. The van der Waals surface area contributed by atoms with Crippen LogP contribution >= 0.6 is 27.5 Å². The third kappa shape index (κ3) is 5.40. The zero-order valence-corrected chi connectivity index (χ0v) is 19.8. The Morgan fingerprint density at radius 3 is 2.62 bits per heavy atom. The zero-order valence-electron chi connectivity index (χ0n) is 17.4. The number of nitrogens with one attached hydrogen (secondary N) is 1. The fourth-order valence-corrected chi connectivity index (χ4v) is 4.10. The minimum absolute atomic E-state index is 0.187. The van der Waals surface area contributed by atoms with E-state index in [0.717, 1.165) is 27.2 Å². The molecular weight excluding hydrogens is 501 g/mol. The molecule has 0 saturated carbocycles. The lowest BCUT2D eigenvalue weighted by Crippen LogP contribution is -2.15. The SMILES string of the molecule is CCOc1cc(CNc2ccc3c(c2)OCCO3)cc(Br)c1OCc1ccc(F)cc1Cl. The van der Waals surface area contributed by atoms with Crippen molar-refractivity contribution in [3.8, 4) is 23.0 Å². The normalized spacial score (nSPS) is 12.4. The van der Waals surface area contributed by atoms with E-state index in [1.54, 1.807) is 6.07 Å². The van der Waals surface area contributed by atoms with Gasteiger partial charge in [0, 0.05) is 23.9 Å². The van der Waals surface area contributed by atoms with Crippen molar-refractivity contribution >= 4 is 33.2 Å². The first kappa shape index (κ1) is 22.6. The van der Waals surface area contributed by atoms with E-state index in [9.17, 15) is 4.39 Å². The van der Waals surface area contributed by atoms with E-state index in [-0.39, 0.29) is 12.4 Å². The topological polar surface area (TPSA) is 49.0 Å². The number of hydrogen-bond acceptors (Lipinski definition) is 5. The van der Waals surface area contributed by atoms with Crippen LogP contribution in [0.25, 0.3) is 0 Å². The molecule has 1 N–H and O–H groups in total. The van der Waals surface area contributed by atoms with E-state index < -0.39 is 0 Å². The molecule has 0 saturated heterocycles. The lowest BCUT2D eigenvalue weighted by molar-refractivity contribution is 0.171. The van der Waals surface area contributed by atoms with Gasteiger partial charge in [0.25, 0.3) is 0 Å². The van der Waals surface area contributed by atoms with Crippen molar-refractivity contribution in [1.29, 1.82) is 0 Å². The monoisotopic (exact) mass is 521 g/mol. The number of benzene rings is 3. The Kier molecular flexibility index (Phi) is 7.27. The van der Waals surface area contributed by atoms with Crippen LogP contribution < -0.4 is 24.3 Å². The van der Waals surface area contributed by atoms with Crippen LogP contribution in [0.2, 0.25) is 5.02 Å². The van der Waals surface area contributed by atoms with Gasteiger partial charge in [0.2, 0.25) is 0 Å². The highest BCUT2D eigenvalue weighted by molar-refractivity contribution is 9.10.